The summed E-state index contributed by atoms with van der Waals surface area (Å²) in [5.41, 5.74) is 16.0. The summed E-state index contributed by atoms with van der Waals surface area (Å²) in [6.07, 6.45) is 0. The van der Waals surface area contributed by atoms with Crippen molar-refractivity contribution in [2.45, 2.75) is 52.4 Å². The fourth-order valence-electron chi connectivity index (χ4n) is 10.4. The predicted molar refractivity (Wildman–Crippen MR) is 303 cm³/mol. The molecular formula is C67H51N7. The number of hydrogen-bond donors (Lipinski definition) is 0. The van der Waals surface area contributed by atoms with Crippen molar-refractivity contribution in [3.63, 3.8) is 0 Å². The SMILES string of the molecule is CC(C)(C)c1ccc2c(c1)c1ccccc1n2-c1ccc(-c2ccc(C#N)cc2)cc1-c1nc(-c2ccccc2)nc(-c2cc(-c3ccc(C#N)cc3)ccc2-n2c3ccccc3c3cc(C(C)(C)C)ccc32)n1. The molecule has 0 fully saturated rings. The monoisotopic (exact) mass is 953 g/mol. The van der Waals surface area contributed by atoms with Crippen molar-refractivity contribution in [1.82, 2.24) is 24.1 Å². The number of benzene rings is 9. The molecule has 0 bridgehead atoms. The quantitative estimate of drug-likeness (QED) is 0.159. The first-order valence-corrected chi connectivity index (χ1v) is 25.0. The molecule has 0 spiro atoms. The molecule has 12 aromatic rings. The van der Waals surface area contributed by atoms with Gasteiger partial charge in [-0.2, -0.15) is 10.5 Å². The van der Waals surface area contributed by atoms with Crippen LogP contribution in [0.25, 0.3) is 111 Å². The Kier molecular flexibility index (Phi) is 10.9. The van der Waals surface area contributed by atoms with Crippen LogP contribution >= 0.6 is 0 Å². The van der Waals surface area contributed by atoms with Crippen LogP contribution in [0.4, 0.5) is 0 Å². The molecule has 0 saturated heterocycles. The van der Waals surface area contributed by atoms with E-state index in [1.807, 2.05) is 78.9 Å². The van der Waals surface area contributed by atoms with Crippen molar-refractivity contribution in [2.75, 3.05) is 0 Å². The maximum absolute atomic E-state index is 9.75. The van der Waals surface area contributed by atoms with Crippen LogP contribution < -0.4 is 0 Å². The average Bonchev–Trinajstić information content (AvgIpc) is 3.95. The molecule has 0 amide bonds. The van der Waals surface area contributed by atoms with E-state index < -0.39 is 0 Å². The number of hydrogen-bond acceptors (Lipinski definition) is 5. The summed E-state index contributed by atoms with van der Waals surface area (Å²) >= 11 is 0. The predicted octanol–water partition coefficient (Wildman–Crippen LogP) is 16.7. The molecule has 0 aliphatic heterocycles. The Hall–Kier alpha value is -9.43. The molecular weight excluding hydrogens is 903 g/mol. The van der Waals surface area contributed by atoms with Crippen LogP contribution in [0.3, 0.4) is 0 Å². The normalized spacial score (nSPS) is 11.9. The van der Waals surface area contributed by atoms with Crippen LogP contribution in [0.1, 0.15) is 63.8 Å². The van der Waals surface area contributed by atoms with Crippen LogP contribution in [-0.4, -0.2) is 24.1 Å². The van der Waals surface area contributed by atoms with Gasteiger partial charge in [-0.05, 0) is 129 Å². The second kappa shape index (κ2) is 17.7. The summed E-state index contributed by atoms with van der Waals surface area (Å²) < 4.78 is 4.70. The molecule has 7 nitrogen and oxygen atoms in total. The fourth-order valence-corrected chi connectivity index (χ4v) is 10.4. The van der Waals surface area contributed by atoms with E-state index in [9.17, 15) is 10.5 Å². The number of nitriles is 2. The standard InChI is InChI=1S/C67H51N7/c1-66(2,3)49-30-34-59-53(38-49)51-16-10-12-18-57(51)73(59)61-32-28-47(44-24-20-42(40-68)21-25-44)36-55(61)64-70-63(46-14-8-7-9-15-46)71-65(72-64)56-37-48(45-26-22-43(41-69)23-27-45)29-33-62(56)74-58-19-13-11-17-52(58)54-39-50(67(4,5)6)31-35-60(54)74/h7-39H,1-6H3. The highest BCUT2D eigenvalue weighted by Gasteiger charge is 2.25. The maximum atomic E-state index is 9.75. The largest absolute Gasteiger partial charge is 0.309 e. The zero-order chi connectivity index (χ0) is 50.9. The van der Waals surface area contributed by atoms with Crippen LogP contribution in [0, 0.1) is 22.7 Å². The van der Waals surface area contributed by atoms with Gasteiger partial charge in [0.05, 0.1) is 56.7 Å². The molecule has 0 aliphatic rings. The topological polar surface area (TPSA) is 96.1 Å². The van der Waals surface area contributed by atoms with Gasteiger partial charge in [0.25, 0.3) is 0 Å². The highest BCUT2D eigenvalue weighted by molar-refractivity contribution is 6.11. The third kappa shape index (κ3) is 7.96. The lowest BCUT2D eigenvalue weighted by molar-refractivity contribution is 0.591. The molecule has 0 N–H and O–H groups in total. The Morgan fingerprint density at radius 2 is 0.716 bits per heavy atom. The summed E-state index contributed by atoms with van der Waals surface area (Å²) in [4.78, 5) is 16.5. The van der Waals surface area contributed by atoms with Crippen molar-refractivity contribution in [1.29, 1.82) is 10.5 Å². The summed E-state index contributed by atoms with van der Waals surface area (Å²) in [6.45, 7) is 13.5. The van der Waals surface area contributed by atoms with Gasteiger partial charge in [0, 0.05) is 38.2 Å². The van der Waals surface area contributed by atoms with E-state index in [0.717, 1.165) is 83.2 Å². The molecule has 0 unspecified atom stereocenters. The molecule has 9 aromatic carbocycles. The number of aromatic nitrogens is 5. The molecule has 0 radical (unpaired) electrons. The molecule has 354 valence electrons. The molecule has 12 rings (SSSR count). The molecule has 3 aromatic heterocycles. The van der Waals surface area contributed by atoms with E-state index in [0.29, 0.717) is 28.6 Å². The maximum Gasteiger partial charge on any atom is 0.166 e. The van der Waals surface area contributed by atoms with Gasteiger partial charge >= 0.3 is 0 Å². The second-order valence-electron chi connectivity index (χ2n) is 21.2. The lowest BCUT2D eigenvalue weighted by Gasteiger charge is -2.20. The first-order valence-electron chi connectivity index (χ1n) is 25.0. The first kappa shape index (κ1) is 45.7. The van der Waals surface area contributed by atoms with E-state index >= 15 is 0 Å². The van der Waals surface area contributed by atoms with Gasteiger partial charge in [-0.1, -0.05) is 157 Å². The van der Waals surface area contributed by atoms with Gasteiger partial charge in [-0.15, -0.1) is 0 Å². The summed E-state index contributed by atoms with van der Waals surface area (Å²) in [7, 11) is 0. The fraction of sp³-hybridized carbons (Fsp3) is 0.119. The zero-order valence-corrected chi connectivity index (χ0v) is 42.2. The average molecular weight is 954 g/mol. The Balaban J connectivity index is 1.18. The highest BCUT2D eigenvalue weighted by Crippen LogP contribution is 2.43. The van der Waals surface area contributed by atoms with Gasteiger partial charge < -0.3 is 9.13 Å². The van der Waals surface area contributed by atoms with Crippen LogP contribution in [0.15, 0.2) is 200 Å². The third-order valence-corrected chi connectivity index (χ3v) is 14.4. The van der Waals surface area contributed by atoms with Gasteiger partial charge in [0.1, 0.15) is 0 Å². The zero-order valence-electron chi connectivity index (χ0n) is 42.2. The first-order chi connectivity index (χ1) is 35.8. The minimum Gasteiger partial charge on any atom is -0.309 e. The summed E-state index contributed by atoms with van der Waals surface area (Å²) in [6, 6.07) is 74.0. The van der Waals surface area contributed by atoms with Crippen LogP contribution in [0.2, 0.25) is 0 Å². The Bertz CT molecular complexity index is 4010. The van der Waals surface area contributed by atoms with Crippen molar-refractivity contribution in [3.8, 4) is 79.9 Å². The molecule has 0 aliphatic carbocycles. The van der Waals surface area contributed by atoms with E-state index in [1.54, 1.807) is 0 Å². The smallest absolute Gasteiger partial charge is 0.166 e. The molecule has 3 heterocycles. The van der Waals surface area contributed by atoms with Crippen molar-refractivity contribution in [3.05, 3.63) is 222 Å². The lowest BCUT2D eigenvalue weighted by atomic mass is 9.86. The van der Waals surface area contributed by atoms with E-state index in [1.165, 1.54) is 21.9 Å². The van der Waals surface area contributed by atoms with Gasteiger partial charge in [0.2, 0.25) is 0 Å². The lowest BCUT2D eigenvalue weighted by Crippen LogP contribution is -2.10. The molecule has 0 saturated carbocycles. The Morgan fingerprint density at radius 3 is 1.14 bits per heavy atom. The van der Waals surface area contributed by atoms with Crippen molar-refractivity contribution in [2.24, 2.45) is 0 Å². The molecule has 0 atom stereocenters. The van der Waals surface area contributed by atoms with Gasteiger partial charge in [-0.3, -0.25) is 0 Å². The van der Waals surface area contributed by atoms with Crippen molar-refractivity contribution >= 4 is 43.6 Å². The van der Waals surface area contributed by atoms with Gasteiger partial charge in [0.15, 0.2) is 17.5 Å². The highest BCUT2D eigenvalue weighted by atomic mass is 15.1. The van der Waals surface area contributed by atoms with Gasteiger partial charge in [-0.25, -0.2) is 15.0 Å². The Morgan fingerprint density at radius 1 is 0.338 bits per heavy atom. The summed E-state index contributed by atoms with van der Waals surface area (Å²) in [5, 5.41) is 24.1. The van der Waals surface area contributed by atoms with E-state index in [-0.39, 0.29) is 10.8 Å². The Labute approximate surface area is 430 Å². The number of nitrogens with zero attached hydrogens (tertiary/aromatic N) is 7. The number of rotatable bonds is 7. The van der Waals surface area contributed by atoms with Crippen molar-refractivity contribution < 1.29 is 0 Å². The van der Waals surface area contributed by atoms with E-state index in [2.05, 4.69) is 184 Å². The third-order valence-electron chi connectivity index (χ3n) is 14.4. The second-order valence-corrected chi connectivity index (χ2v) is 21.2. The van der Waals surface area contributed by atoms with Crippen LogP contribution in [-0.2, 0) is 10.8 Å². The molecule has 74 heavy (non-hydrogen) atoms. The number of para-hydroxylation sites is 2. The van der Waals surface area contributed by atoms with Crippen LogP contribution in [0.5, 0.6) is 0 Å². The minimum absolute atomic E-state index is 0.0503. The summed E-state index contributed by atoms with van der Waals surface area (Å²) in [5.74, 6) is 1.54. The molecule has 7 heteroatoms. The van der Waals surface area contributed by atoms with E-state index in [4.69, 9.17) is 15.0 Å². The number of fused-ring (bicyclic) bond motifs is 6. The minimum atomic E-state index is -0.0503.